The van der Waals surface area contributed by atoms with Gasteiger partial charge in [-0.05, 0) is 55.8 Å². The van der Waals surface area contributed by atoms with Crippen LogP contribution in [0.1, 0.15) is 12.8 Å². The molecular formula is C24H26N4O4. The average Bonchev–Trinajstić information content (AvgIpc) is 3.31. The highest BCUT2D eigenvalue weighted by atomic mass is 16.5. The van der Waals surface area contributed by atoms with Crippen molar-refractivity contribution in [3.05, 3.63) is 60.3 Å². The summed E-state index contributed by atoms with van der Waals surface area (Å²) in [6.45, 7) is 3.42. The molecule has 1 N–H and O–H groups in total. The molecule has 3 aromatic heterocycles. The molecule has 8 nitrogen and oxygen atoms in total. The van der Waals surface area contributed by atoms with E-state index in [2.05, 4.69) is 15.0 Å². The van der Waals surface area contributed by atoms with E-state index in [4.69, 9.17) is 13.9 Å². The third-order valence-electron chi connectivity index (χ3n) is 5.96. The Bertz CT molecular complexity index is 1300. The van der Waals surface area contributed by atoms with Crippen LogP contribution in [0.25, 0.3) is 27.9 Å². The van der Waals surface area contributed by atoms with Crippen molar-refractivity contribution >= 4 is 16.5 Å². The van der Waals surface area contributed by atoms with Gasteiger partial charge in [-0.1, -0.05) is 5.16 Å². The third-order valence-corrected chi connectivity index (χ3v) is 5.96. The van der Waals surface area contributed by atoms with Crippen LogP contribution in [-0.4, -0.2) is 58.9 Å². The van der Waals surface area contributed by atoms with Gasteiger partial charge in [0.05, 0.1) is 17.8 Å². The Morgan fingerprint density at radius 1 is 1.25 bits per heavy atom. The Balaban J connectivity index is 1.35. The smallest absolute Gasteiger partial charge is 0.155 e. The Morgan fingerprint density at radius 2 is 2.19 bits per heavy atom. The van der Waals surface area contributed by atoms with Crippen molar-refractivity contribution in [3.8, 4) is 17.2 Å². The molecule has 1 aliphatic rings. The van der Waals surface area contributed by atoms with Crippen molar-refractivity contribution in [2.45, 2.75) is 18.9 Å². The molecule has 0 bridgehead atoms. The number of fused-ring (bicyclic) bond motifs is 2. The molecule has 1 unspecified atom stereocenters. The van der Waals surface area contributed by atoms with Crippen molar-refractivity contribution in [1.82, 2.24) is 14.3 Å². The first kappa shape index (κ1) is 20.5. The molecule has 0 aliphatic carbocycles. The molecule has 4 heterocycles. The van der Waals surface area contributed by atoms with Gasteiger partial charge in [0.2, 0.25) is 0 Å². The van der Waals surface area contributed by atoms with Gasteiger partial charge in [0.1, 0.15) is 29.0 Å². The van der Waals surface area contributed by atoms with Gasteiger partial charge < -0.3 is 23.5 Å². The maximum Gasteiger partial charge on any atom is 0.155 e. The van der Waals surface area contributed by atoms with Crippen molar-refractivity contribution in [2.75, 3.05) is 33.4 Å². The second-order valence-electron chi connectivity index (χ2n) is 8.02. The zero-order chi connectivity index (χ0) is 21.9. The van der Waals surface area contributed by atoms with Gasteiger partial charge in [0.15, 0.2) is 5.76 Å². The third kappa shape index (κ3) is 4.19. The maximum atomic E-state index is 9.63. The number of hydrogen-bond acceptors (Lipinski definition) is 7. The Hall–Kier alpha value is -3.36. The van der Waals surface area contributed by atoms with Crippen molar-refractivity contribution in [3.63, 3.8) is 0 Å². The van der Waals surface area contributed by atoms with Gasteiger partial charge in [-0.2, -0.15) is 0 Å². The highest BCUT2D eigenvalue weighted by molar-refractivity contribution is 5.80. The van der Waals surface area contributed by atoms with E-state index in [9.17, 15) is 5.21 Å². The minimum atomic E-state index is 0.307. The van der Waals surface area contributed by atoms with E-state index < -0.39 is 0 Å². The summed E-state index contributed by atoms with van der Waals surface area (Å²) >= 11 is 0. The number of hydrogen-bond donors (Lipinski definition) is 1. The van der Waals surface area contributed by atoms with Gasteiger partial charge in [-0.15, -0.1) is 0 Å². The molecule has 1 saturated heterocycles. The Morgan fingerprint density at radius 3 is 3.06 bits per heavy atom. The topological polar surface area (TPSA) is 84.7 Å². The standard InChI is InChI=1S/C24H26N4O4/c1-30-19-5-3-8-27(15-19)10-11-31-18-6-7-23-20(13-18)21(26-29)14-24(32-23)22-12-17-4-2-9-28(17)16-25-22/h2,4,6-7,9,12-14,16,19,29H,3,5,8,10-11,15H2,1H3/b26-21+. The summed E-state index contributed by atoms with van der Waals surface area (Å²) in [5.41, 5.74) is 2.26. The fourth-order valence-electron chi connectivity index (χ4n) is 4.22. The minimum Gasteiger partial charge on any atom is -0.492 e. The normalized spacial score (nSPS) is 17.9. The maximum absolute atomic E-state index is 9.63. The highest BCUT2D eigenvalue weighted by Crippen LogP contribution is 2.24. The van der Waals surface area contributed by atoms with E-state index in [1.54, 1.807) is 19.5 Å². The molecular weight excluding hydrogens is 408 g/mol. The predicted molar refractivity (Wildman–Crippen MR) is 120 cm³/mol. The number of piperidine rings is 1. The van der Waals surface area contributed by atoms with Gasteiger partial charge in [-0.3, -0.25) is 4.90 Å². The van der Waals surface area contributed by atoms with Crippen molar-refractivity contribution in [1.29, 1.82) is 0 Å². The molecule has 1 atom stereocenters. The van der Waals surface area contributed by atoms with Gasteiger partial charge in [-0.25, -0.2) is 4.98 Å². The first-order chi connectivity index (χ1) is 15.7. The van der Waals surface area contributed by atoms with Crippen LogP contribution in [0.4, 0.5) is 0 Å². The molecule has 1 aliphatic heterocycles. The van der Waals surface area contributed by atoms with Crippen molar-refractivity contribution in [2.24, 2.45) is 5.16 Å². The van der Waals surface area contributed by atoms with E-state index in [0.29, 0.717) is 46.2 Å². The lowest BCUT2D eigenvalue weighted by atomic mass is 10.1. The lowest BCUT2D eigenvalue weighted by Crippen LogP contribution is -2.41. The minimum absolute atomic E-state index is 0.307. The van der Waals surface area contributed by atoms with Gasteiger partial charge in [0.25, 0.3) is 0 Å². The molecule has 8 heteroatoms. The molecule has 0 radical (unpaired) electrons. The zero-order valence-corrected chi connectivity index (χ0v) is 18.0. The SMILES string of the molecule is COC1CCCN(CCOc2ccc3oc(-c4cc5cccn5cn4)c/c(=N\O)c3c2)C1. The van der Waals surface area contributed by atoms with Crippen LogP contribution in [0.2, 0.25) is 0 Å². The molecule has 32 heavy (non-hydrogen) atoms. The number of aromatic nitrogens is 2. The monoisotopic (exact) mass is 434 g/mol. The summed E-state index contributed by atoms with van der Waals surface area (Å²) in [7, 11) is 1.77. The lowest BCUT2D eigenvalue weighted by molar-refractivity contribution is 0.0272. The van der Waals surface area contributed by atoms with E-state index in [1.807, 2.05) is 47.0 Å². The largest absolute Gasteiger partial charge is 0.492 e. The van der Waals surface area contributed by atoms with E-state index in [0.717, 1.165) is 38.0 Å². The van der Waals surface area contributed by atoms with Crippen LogP contribution in [0.3, 0.4) is 0 Å². The Labute approximate surface area is 185 Å². The van der Waals surface area contributed by atoms with Crippen LogP contribution >= 0.6 is 0 Å². The number of nitrogens with zero attached hydrogens (tertiary/aromatic N) is 4. The summed E-state index contributed by atoms with van der Waals surface area (Å²) in [6.07, 6.45) is 6.23. The van der Waals surface area contributed by atoms with Gasteiger partial charge >= 0.3 is 0 Å². The summed E-state index contributed by atoms with van der Waals surface area (Å²) in [6, 6.07) is 13.1. The number of likely N-dealkylation sites (tertiary alicyclic amines) is 1. The quantitative estimate of drug-likeness (QED) is 0.369. The number of methoxy groups -OCH3 is 1. The average molecular weight is 434 g/mol. The van der Waals surface area contributed by atoms with Crippen LogP contribution < -0.4 is 10.1 Å². The van der Waals surface area contributed by atoms with Crippen LogP contribution in [-0.2, 0) is 4.74 Å². The molecule has 0 spiro atoms. The van der Waals surface area contributed by atoms with Crippen LogP contribution in [0.15, 0.2) is 64.6 Å². The highest BCUT2D eigenvalue weighted by Gasteiger charge is 2.19. The van der Waals surface area contributed by atoms with Gasteiger partial charge in [0, 0.05) is 38.0 Å². The molecule has 5 rings (SSSR count). The van der Waals surface area contributed by atoms with E-state index >= 15 is 0 Å². The first-order valence-corrected chi connectivity index (χ1v) is 10.8. The van der Waals surface area contributed by atoms with E-state index in [1.165, 1.54) is 0 Å². The molecule has 1 aromatic carbocycles. The second kappa shape index (κ2) is 9.02. The fourth-order valence-corrected chi connectivity index (χ4v) is 4.22. The molecule has 1 fully saturated rings. The van der Waals surface area contributed by atoms with Crippen LogP contribution in [0.5, 0.6) is 5.75 Å². The van der Waals surface area contributed by atoms with Crippen LogP contribution in [0, 0.1) is 0 Å². The van der Waals surface area contributed by atoms with E-state index in [-0.39, 0.29) is 0 Å². The predicted octanol–water partition coefficient (Wildman–Crippen LogP) is 3.53. The summed E-state index contributed by atoms with van der Waals surface area (Å²) < 4.78 is 19.5. The zero-order valence-electron chi connectivity index (χ0n) is 18.0. The Kier molecular flexibility index (Phi) is 5.79. The lowest BCUT2D eigenvalue weighted by Gasteiger charge is -2.31. The first-order valence-electron chi connectivity index (χ1n) is 10.8. The summed E-state index contributed by atoms with van der Waals surface area (Å²) in [5.74, 6) is 1.24. The number of benzene rings is 1. The molecule has 4 aromatic rings. The molecule has 166 valence electrons. The second-order valence-corrected chi connectivity index (χ2v) is 8.02. The molecule has 0 amide bonds. The number of ether oxygens (including phenoxy) is 2. The number of rotatable bonds is 6. The fraction of sp³-hybridized carbons (Fsp3) is 0.333. The van der Waals surface area contributed by atoms with Crippen molar-refractivity contribution < 1.29 is 19.1 Å². The summed E-state index contributed by atoms with van der Waals surface area (Å²) in [5, 5.41) is 14.2. The summed E-state index contributed by atoms with van der Waals surface area (Å²) in [4.78, 5) is 6.82. The molecule has 0 saturated carbocycles.